The smallest absolute Gasteiger partial charge is 0.263 e. The van der Waals surface area contributed by atoms with Gasteiger partial charge in [0.1, 0.15) is 9.90 Å². The maximum absolute atomic E-state index is 12.0. The number of aryl methyl sites for hydroxylation is 1. The molecule has 0 aliphatic carbocycles. The van der Waals surface area contributed by atoms with Crippen LogP contribution in [0.5, 0.6) is 0 Å². The minimum atomic E-state index is -3.60. The zero-order chi connectivity index (χ0) is 12.5. The second-order valence-electron chi connectivity index (χ2n) is 3.32. The fourth-order valence-corrected chi connectivity index (χ4v) is 4.10. The van der Waals surface area contributed by atoms with Crippen molar-refractivity contribution >= 4 is 42.5 Å². The highest BCUT2D eigenvalue weighted by atomic mass is 79.9. The second kappa shape index (κ2) is 4.71. The van der Waals surface area contributed by atoms with Crippen LogP contribution >= 0.6 is 27.5 Å². The first-order valence-corrected chi connectivity index (χ1v) is 7.60. The molecule has 1 aromatic carbocycles. The number of hydrogen-bond acceptors (Lipinski definition) is 5. The fourth-order valence-electron chi connectivity index (χ4n) is 1.22. The minimum absolute atomic E-state index is 0.191. The van der Waals surface area contributed by atoms with Gasteiger partial charge in [0.25, 0.3) is 10.0 Å². The molecule has 17 heavy (non-hydrogen) atoms. The number of nitrogens with zero attached hydrogens (tertiary/aromatic N) is 2. The average Bonchev–Trinajstić information content (AvgIpc) is 2.68. The number of anilines is 1. The van der Waals surface area contributed by atoms with E-state index in [1.165, 1.54) is 6.20 Å². The number of halogens is 1. The van der Waals surface area contributed by atoms with Crippen LogP contribution in [0.25, 0.3) is 0 Å². The van der Waals surface area contributed by atoms with Gasteiger partial charge in [-0.15, -0.1) is 5.10 Å². The molecule has 1 N–H and O–H groups in total. The highest BCUT2D eigenvalue weighted by Crippen LogP contribution is 2.25. The summed E-state index contributed by atoms with van der Waals surface area (Å²) in [5, 5.41) is 3.95. The molecular formula is C9H8BrN3O2S2. The van der Waals surface area contributed by atoms with Crippen LogP contribution in [0.4, 0.5) is 5.00 Å². The van der Waals surface area contributed by atoms with Crippen LogP contribution < -0.4 is 4.72 Å². The van der Waals surface area contributed by atoms with E-state index in [0.29, 0.717) is 9.47 Å². The van der Waals surface area contributed by atoms with Gasteiger partial charge < -0.3 is 0 Å². The van der Waals surface area contributed by atoms with Crippen LogP contribution in [0.3, 0.4) is 0 Å². The minimum Gasteiger partial charge on any atom is -0.268 e. The Bertz CT molecular complexity index is 626. The summed E-state index contributed by atoms with van der Waals surface area (Å²) in [6.07, 6.45) is 1.37. The predicted octanol–water partition coefficient (Wildman–Crippen LogP) is 2.41. The normalized spacial score (nSPS) is 11.4. The molecule has 0 fully saturated rings. The van der Waals surface area contributed by atoms with Crippen LogP contribution in [-0.4, -0.2) is 18.0 Å². The summed E-state index contributed by atoms with van der Waals surface area (Å²) in [6, 6.07) is 5.04. The Kier molecular flexibility index (Phi) is 3.45. The van der Waals surface area contributed by atoms with E-state index >= 15 is 0 Å². The lowest BCUT2D eigenvalue weighted by atomic mass is 10.2. The number of nitrogens with one attached hydrogen (secondary N) is 1. The topological polar surface area (TPSA) is 72.0 Å². The quantitative estimate of drug-likeness (QED) is 0.936. The first-order valence-electron chi connectivity index (χ1n) is 4.55. The number of hydrogen-bond donors (Lipinski definition) is 1. The van der Waals surface area contributed by atoms with Gasteiger partial charge in [-0.3, -0.25) is 4.72 Å². The molecule has 0 spiro atoms. The third-order valence-corrected chi connectivity index (χ3v) is 5.02. The summed E-state index contributed by atoms with van der Waals surface area (Å²) >= 11 is 4.23. The number of rotatable bonds is 3. The van der Waals surface area contributed by atoms with Crippen LogP contribution in [-0.2, 0) is 10.0 Å². The Morgan fingerprint density at radius 3 is 2.76 bits per heavy atom. The van der Waals surface area contributed by atoms with Crippen molar-refractivity contribution in [2.24, 2.45) is 0 Å². The van der Waals surface area contributed by atoms with E-state index in [4.69, 9.17) is 0 Å². The van der Waals surface area contributed by atoms with E-state index in [1.807, 2.05) is 6.92 Å². The van der Waals surface area contributed by atoms with E-state index < -0.39 is 10.0 Å². The Hall–Kier alpha value is -0.990. The largest absolute Gasteiger partial charge is 0.268 e. The third kappa shape index (κ3) is 2.82. The highest BCUT2D eigenvalue weighted by molar-refractivity contribution is 9.10. The maximum Gasteiger partial charge on any atom is 0.263 e. The lowest BCUT2D eigenvalue weighted by molar-refractivity contribution is 0.601. The summed E-state index contributed by atoms with van der Waals surface area (Å²) in [7, 11) is -3.60. The van der Waals surface area contributed by atoms with Crippen molar-refractivity contribution in [1.82, 2.24) is 9.59 Å². The number of sulfonamides is 1. The van der Waals surface area contributed by atoms with Crippen LogP contribution in [0.1, 0.15) is 5.56 Å². The highest BCUT2D eigenvalue weighted by Gasteiger charge is 2.18. The van der Waals surface area contributed by atoms with Gasteiger partial charge in [-0.2, -0.15) is 0 Å². The molecule has 0 amide bonds. The third-order valence-electron chi connectivity index (χ3n) is 1.97. The summed E-state index contributed by atoms with van der Waals surface area (Å²) in [6.45, 7) is 1.89. The van der Waals surface area contributed by atoms with Crippen molar-refractivity contribution < 1.29 is 8.42 Å². The van der Waals surface area contributed by atoms with E-state index in [1.54, 1.807) is 18.2 Å². The Balaban J connectivity index is 2.38. The maximum atomic E-state index is 12.0. The molecule has 1 heterocycles. The molecule has 90 valence electrons. The van der Waals surface area contributed by atoms with Crippen molar-refractivity contribution in [3.63, 3.8) is 0 Å². The number of aromatic nitrogens is 2. The van der Waals surface area contributed by atoms with E-state index in [-0.39, 0.29) is 4.90 Å². The lowest BCUT2D eigenvalue weighted by Gasteiger charge is -2.07. The molecule has 1 aromatic heterocycles. The molecular weight excluding hydrogens is 326 g/mol. The lowest BCUT2D eigenvalue weighted by Crippen LogP contribution is -2.12. The first kappa shape index (κ1) is 12.5. The molecule has 0 atom stereocenters. The van der Waals surface area contributed by atoms with E-state index in [9.17, 15) is 8.42 Å². The fraction of sp³-hybridized carbons (Fsp3) is 0.111. The Morgan fingerprint density at radius 1 is 1.41 bits per heavy atom. The first-order chi connectivity index (χ1) is 7.99. The summed E-state index contributed by atoms with van der Waals surface area (Å²) in [4.78, 5) is 0.191. The van der Waals surface area contributed by atoms with Crippen molar-refractivity contribution in [3.8, 4) is 0 Å². The Labute approximate surface area is 111 Å². The van der Waals surface area contributed by atoms with Crippen LogP contribution in [0.2, 0.25) is 0 Å². The zero-order valence-corrected chi connectivity index (χ0v) is 11.9. The van der Waals surface area contributed by atoms with Gasteiger partial charge in [0.05, 0.1) is 6.20 Å². The van der Waals surface area contributed by atoms with Gasteiger partial charge in [-0.05, 0) is 40.5 Å². The molecule has 0 radical (unpaired) electrons. The van der Waals surface area contributed by atoms with Crippen molar-refractivity contribution in [3.05, 3.63) is 34.4 Å². The molecule has 0 aliphatic rings. The second-order valence-corrected chi connectivity index (χ2v) is 6.61. The summed E-state index contributed by atoms with van der Waals surface area (Å²) < 4.78 is 30.6. The standard InChI is InChI=1S/C9H8BrN3O2S2/c1-6-2-3-8(7(10)4-6)17(14,15)12-9-5-11-13-16-9/h2-5,12H,1H3. The van der Waals surface area contributed by atoms with Crippen molar-refractivity contribution in [1.29, 1.82) is 0 Å². The van der Waals surface area contributed by atoms with Crippen molar-refractivity contribution in [2.75, 3.05) is 4.72 Å². The van der Waals surface area contributed by atoms with Gasteiger partial charge in [0.2, 0.25) is 0 Å². The van der Waals surface area contributed by atoms with Crippen LogP contribution in [0, 0.1) is 6.92 Å². The van der Waals surface area contributed by atoms with Gasteiger partial charge >= 0.3 is 0 Å². The molecule has 0 bridgehead atoms. The molecule has 0 aliphatic heterocycles. The molecule has 2 aromatic rings. The van der Waals surface area contributed by atoms with Gasteiger partial charge in [-0.1, -0.05) is 10.6 Å². The van der Waals surface area contributed by atoms with Gasteiger partial charge in [0, 0.05) is 16.0 Å². The molecule has 0 unspecified atom stereocenters. The van der Waals surface area contributed by atoms with E-state index in [2.05, 4.69) is 30.2 Å². The number of benzene rings is 1. The molecule has 5 nitrogen and oxygen atoms in total. The van der Waals surface area contributed by atoms with Crippen molar-refractivity contribution in [2.45, 2.75) is 11.8 Å². The van der Waals surface area contributed by atoms with Crippen LogP contribution in [0.15, 0.2) is 33.8 Å². The summed E-state index contributed by atoms with van der Waals surface area (Å²) in [5.74, 6) is 0. The molecule has 0 saturated heterocycles. The molecule has 0 saturated carbocycles. The monoisotopic (exact) mass is 333 g/mol. The van der Waals surface area contributed by atoms with E-state index in [0.717, 1.165) is 17.1 Å². The summed E-state index contributed by atoms with van der Waals surface area (Å²) in [5.41, 5.74) is 0.982. The predicted molar refractivity (Wildman–Crippen MR) is 69.6 cm³/mol. The van der Waals surface area contributed by atoms with Gasteiger partial charge in [0.15, 0.2) is 0 Å². The zero-order valence-electron chi connectivity index (χ0n) is 8.71. The Morgan fingerprint density at radius 2 is 2.18 bits per heavy atom. The average molecular weight is 334 g/mol. The SMILES string of the molecule is Cc1ccc(S(=O)(=O)Nc2cnns2)c(Br)c1. The molecule has 8 heteroatoms. The van der Waals surface area contributed by atoms with Gasteiger partial charge in [-0.25, -0.2) is 8.42 Å². The molecule has 2 rings (SSSR count).